The van der Waals surface area contributed by atoms with E-state index in [2.05, 4.69) is 39.1 Å². The molecule has 0 bridgehead atoms. The molecule has 0 unspecified atom stereocenters. The highest BCUT2D eigenvalue weighted by Crippen LogP contribution is 2.32. The highest BCUT2D eigenvalue weighted by atomic mass is 16.5. The number of carbonyl (C=O) groups excluding carboxylic acids is 1. The number of hydrogen-bond acceptors (Lipinski definition) is 3. The van der Waals surface area contributed by atoms with E-state index in [1.54, 1.807) is 6.07 Å². The fraction of sp³-hybridized carbons (Fsp3) is 0.321. The summed E-state index contributed by atoms with van der Waals surface area (Å²) in [7, 11) is 0. The number of carbonyl (C=O) groups is 1. The Morgan fingerprint density at radius 3 is 2.31 bits per heavy atom. The monoisotopic (exact) mass is 431 g/mol. The molecule has 0 heterocycles. The van der Waals surface area contributed by atoms with Crippen LogP contribution in [0, 0.1) is 13.8 Å². The van der Waals surface area contributed by atoms with Gasteiger partial charge >= 0.3 is 0 Å². The topological polar surface area (TPSA) is 47.6 Å². The zero-order valence-electron chi connectivity index (χ0n) is 19.9. The van der Waals surface area contributed by atoms with E-state index in [1.807, 2.05) is 62.4 Å². The molecule has 1 amide bonds. The summed E-state index contributed by atoms with van der Waals surface area (Å²) >= 11 is 0. The number of ether oxygens (including phenoxy) is 2. The van der Waals surface area contributed by atoms with E-state index in [1.165, 1.54) is 5.56 Å². The van der Waals surface area contributed by atoms with Gasteiger partial charge in [0.05, 0.1) is 6.61 Å². The van der Waals surface area contributed by atoms with Crippen LogP contribution in [0.25, 0.3) is 0 Å². The van der Waals surface area contributed by atoms with Crippen molar-refractivity contribution < 1.29 is 14.3 Å². The first kappa shape index (κ1) is 23.4. The molecule has 0 aliphatic carbocycles. The van der Waals surface area contributed by atoms with Gasteiger partial charge in [-0.3, -0.25) is 4.79 Å². The van der Waals surface area contributed by atoms with Gasteiger partial charge in [-0.1, -0.05) is 45.0 Å². The van der Waals surface area contributed by atoms with Gasteiger partial charge in [-0.15, -0.1) is 0 Å². The van der Waals surface area contributed by atoms with Crippen molar-refractivity contribution >= 4 is 11.6 Å². The quantitative estimate of drug-likeness (QED) is 0.446. The van der Waals surface area contributed by atoms with Crippen molar-refractivity contribution in [3.63, 3.8) is 0 Å². The summed E-state index contributed by atoms with van der Waals surface area (Å²) in [5, 5.41) is 2.99. The van der Waals surface area contributed by atoms with Crippen LogP contribution in [-0.4, -0.2) is 12.5 Å². The summed E-state index contributed by atoms with van der Waals surface area (Å²) in [6.45, 7) is 13.4. The van der Waals surface area contributed by atoms with Gasteiger partial charge in [0.15, 0.2) is 0 Å². The Bertz CT molecular complexity index is 1100. The van der Waals surface area contributed by atoms with E-state index < -0.39 is 0 Å². The highest BCUT2D eigenvalue weighted by molar-refractivity contribution is 6.04. The van der Waals surface area contributed by atoms with Crippen LogP contribution in [0.2, 0.25) is 0 Å². The summed E-state index contributed by atoms with van der Waals surface area (Å²) in [4.78, 5) is 12.9. The van der Waals surface area contributed by atoms with Crippen molar-refractivity contribution in [3.05, 3.63) is 88.5 Å². The average Bonchev–Trinajstić information content (AvgIpc) is 2.75. The molecule has 4 nitrogen and oxygen atoms in total. The number of aryl methyl sites for hydroxylation is 2. The second-order valence-electron chi connectivity index (χ2n) is 9.04. The van der Waals surface area contributed by atoms with E-state index in [-0.39, 0.29) is 11.3 Å². The maximum atomic E-state index is 12.9. The number of benzene rings is 3. The van der Waals surface area contributed by atoms with Crippen LogP contribution in [0.4, 0.5) is 5.69 Å². The third-order valence-electron chi connectivity index (χ3n) is 5.47. The molecule has 3 aromatic carbocycles. The molecule has 0 saturated heterocycles. The predicted molar refractivity (Wildman–Crippen MR) is 131 cm³/mol. The molecule has 0 atom stereocenters. The minimum atomic E-state index is -0.160. The Morgan fingerprint density at radius 1 is 0.875 bits per heavy atom. The number of nitrogens with one attached hydrogen (secondary N) is 1. The van der Waals surface area contributed by atoms with Crippen LogP contribution in [-0.2, 0) is 12.0 Å². The first-order valence-corrected chi connectivity index (χ1v) is 11.1. The fourth-order valence-corrected chi connectivity index (χ4v) is 3.52. The normalized spacial score (nSPS) is 11.2. The lowest BCUT2D eigenvalue weighted by molar-refractivity contribution is 0.102. The number of anilines is 1. The van der Waals surface area contributed by atoms with E-state index >= 15 is 0 Å². The van der Waals surface area contributed by atoms with Crippen LogP contribution < -0.4 is 14.8 Å². The number of rotatable bonds is 7. The molecule has 0 aliphatic heterocycles. The van der Waals surface area contributed by atoms with Crippen molar-refractivity contribution in [2.24, 2.45) is 0 Å². The largest absolute Gasteiger partial charge is 0.493 e. The lowest BCUT2D eigenvalue weighted by Crippen LogP contribution is -2.14. The molecule has 32 heavy (non-hydrogen) atoms. The number of amides is 1. The van der Waals surface area contributed by atoms with Gasteiger partial charge in [-0.05, 0) is 79.3 Å². The van der Waals surface area contributed by atoms with E-state index in [9.17, 15) is 4.79 Å². The van der Waals surface area contributed by atoms with Crippen molar-refractivity contribution in [2.75, 3.05) is 11.9 Å². The molecule has 0 fully saturated rings. The molecular formula is C28H33NO3. The van der Waals surface area contributed by atoms with E-state index in [0.29, 0.717) is 18.8 Å². The molecule has 168 valence electrons. The Hall–Kier alpha value is -3.27. The summed E-state index contributed by atoms with van der Waals surface area (Å²) < 4.78 is 12.0. The van der Waals surface area contributed by atoms with Crippen LogP contribution in [0.1, 0.15) is 60.3 Å². The van der Waals surface area contributed by atoms with Gasteiger partial charge in [-0.2, -0.15) is 0 Å². The van der Waals surface area contributed by atoms with Gasteiger partial charge in [0.25, 0.3) is 5.91 Å². The van der Waals surface area contributed by atoms with Crippen LogP contribution in [0.15, 0.2) is 60.7 Å². The minimum absolute atomic E-state index is 0.0345. The lowest BCUT2D eigenvalue weighted by atomic mass is 9.86. The molecular weight excluding hydrogens is 398 g/mol. The van der Waals surface area contributed by atoms with Gasteiger partial charge in [0, 0.05) is 16.8 Å². The van der Waals surface area contributed by atoms with Crippen molar-refractivity contribution in [2.45, 2.75) is 53.6 Å². The minimum Gasteiger partial charge on any atom is -0.493 e. The third-order valence-corrected chi connectivity index (χ3v) is 5.47. The standard InChI is InChI=1S/C28H33NO3/c1-7-31-25-15-13-21(27(30)29-23-14-12-19(2)20(3)16-23)17-22(25)18-32-26-11-9-8-10-24(26)28(4,5)6/h8-17H,7,18H2,1-6H3,(H,29,30). The third kappa shape index (κ3) is 5.70. The maximum absolute atomic E-state index is 12.9. The molecule has 0 radical (unpaired) electrons. The van der Waals surface area contributed by atoms with E-state index in [0.717, 1.165) is 33.9 Å². The van der Waals surface area contributed by atoms with Gasteiger partial charge in [0.2, 0.25) is 0 Å². The molecule has 1 N–H and O–H groups in total. The van der Waals surface area contributed by atoms with Gasteiger partial charge < -0.3 is 14.8 Å². The molecule has 3 aromatic rings. The Kier molecular flexibility index (Phi) is 7.24. The second kappa shape index (κ2) is 9.90. The molecule has 4 heteroatoms. The second-order valence-corrected chi connectivity index (χ2v) is 9.04. The van der Waals surface area contributed by atoms with E-state index in [4.69, 9.17) is 9.47 Å². The fourth-order valence-electron chi connectivity index (χ4n) is 3.52. The summed E-state index contributed by atoms with van der Waals surface area (Å²) in [6.07, 6.45) is 0. The van der Waals surface area contributed by atoms with Crippen LogP contribution in [0.5, 0.6) is 11.5 Å². The number of para-hydroxylation sites is 1. The van der Waals surface area contributed by atoms with Crippen molar-refractivity contribution in [1.82, 2.24) is 0 Å². The summed E-state index contributed by atoms with van der Waals surface area (Å²) in [5.41, 5.74) is 5.62. The first-order chi connectivity index (χ1) is 15.2. The summed E-state index contributed by atoms with van der Waals surface area (Å²) in [6, 6.07) is 19.5. The maximum Gasteiger partial charge on any atom is 0.255 e. The lowest BCUT2D eigenvalue weighted by Gasteiger charge is -2.23. The van der Waals surface area contributed by atoms with Gasteiger partial charge in [0.1, 0.15) is 18.1 Å². The average molecular weight is 432 g/mol. The predicted octanol–water partition coefficient (Wildman–Crippen LogP) is 6.83. The molecule has 3 rings (SSSR count). The zero-order chi connectivity index (χ0) is 23.3. The molecule has 0 spiro atoms. The number of hydrogen-bond donors (Lipinski definition) is 1. The first-order valence-electron chi connectivity index (χ1n) is 11.1. The van der Waals surface area contributed by atoms with Crippen molar-refractivity contribution in [1.29, 1.82) is 0 Å². The van der Waals surface area contributed by atoms with Crippen LogP contribution in [0.3, 0.4) is 0 Å². The Morgan fingerprint density at radius 2 is 1.62 bits per heavy atom. The summed E-state index contributed by atoms with van der Waals surface area (Å²) in [5.74, 6) is 1.41. The molecule has 0 aliphatic rings. The Balaban J connectivity index is 1.83. The molecule has 0 aromatic heterocycles. The molecule has 0 saturated carbocycles. The smallest absolute Gasteiger partial charge is 0.255 e. The van der Waals surface area contributed by atoms with Crippen molar-refractivity contribution in [3.8, 4) is 11.5 Å². The Labute approximate surface area is 191 Å². The van der Waals surface area contributed by atoms with Crippen LogP contribution >= 0.6 is 0 Å². The zero-order valence-corrected chi connectivity index (χ0v) is 19.9. The SMILES string of the molecule is CCOc1ccc(C(=O)Nc2ccc(C)c(C)c2)cc1COc1ccccc1C(C)(C)C. The highest BCUT2D eigenvalue weighted by Gasteiger charge is 2.19. The van der Waals surface area contributed by atoms with Gasteiger partial charge in [-0.25, -0.2) is 0 Å².